The molecule has 2 N–H and O–H groups in total. The highest BCUT2D eigenvalue weighted by atomic mass is 16.5. The Morgan fingerprint density at radius 2 is 1.72 bits per heavy atom. The second-order valence-corrected chi connectivity index (χ2v) is 7.33. The van der Waals surface area contributed by atoms with Crippen LogP contribution in [-0.4, -0.2) is 19.2 Å². The molecule has 2 aromatic rings. The lowest BCUT2D eigenvalue weighted by Gasteiger charge is -2.19. The third-order valence-corrected chi connectivity index (χ3v) is 4.00. The molecule has 2 aromatic carbocycles. The van der Waals surface area contributed by atoms with Crippen LogP contribution in [0.2, 0.25) is 0 Å². The maximum atomic E-state index is 11.9. The summed E-state index contributed by atoms with van der Waals surface area (Å²) >= 11 is 0. The second-order valence-electron chi connectivity index (χ2n) is 7.33. The van der Waals surface area contributed by atoms with Crippen LogP contribution < -0.4 is 15.4 Å². The van der Waals surface area contributed by atoms with Crippen LogP contribution in [0, 0.1) is 13.8 Å². The number of amides is 2. The molecule has 0 saturated heterocycles. The van der Waals surface area contributed by atoms with E-state index in [2.05, 4.69) is 37.5 Å². The fraction of sp³-hybridized carbons (Fsp3) is 0.381. The van der Waals surface area contributed by atoms with Crippen LogP contribution in [0.1, 0.15) is 37.5 Å². The van der Waals surface area contributed by atoms with Crippen molar-refractivity contribution in [2.75, 3.05) is 18.5 Å². The summed E-state index contributed by atoms with van der Waals surface area (Å²) in [5.74, 6) is 0.861. The highest BCUT2D eigenvalue weighted by molar-refractivity contribution is 5.89. The lowest BCUT2D eigenvalue weighted by molar-refractivity contribution is 0.247. The normalized spacial score (nSPS) is 11.1. The number of nitrogens with one attached hydrogen (secondary N) is 2. The number of rotatable bonds is 5. The van der Waals surface area contributed by atoms with Crippen molar-refractivity contribution in [3.05, 3.63) is 59.2 Å². The Hall–Kier alpha value is -2.49. The van der Waals surface area contributed by atoms with E-state index in [1.807, 2.05) is 50.2 Å². The molecule has 0 aromatic heterocycles. The molecule has 134 valence electrons. The molecular formula is C21H28N2O2. The number of anilines is 1. The van der Waals surface area contributed by atoms with Gasteiger partial charge in [0.2, 0.25) is 0 Å². The van der Waals surface area contributed by atoms with Crippen molar-refractivity contribution >= 4 is 11.7 Å². The standard InChI is InChI=1S/C21H28N2O2/c1-15-6-7-16(2)19(14-15)25-13-12-22-20(24)23-18-10-8-17(9-11-18)21(3,4)5/h6-11,14H,12-13H2,1-5H3,(H2,22,23,24). The second kappa shape index (κ2) is 8.06. The third-order valence-electron chi connectivity index (χ3n) is 4.00. The van der Waals surface area contributed by atoms with Crippen molar-refractivity contribution < 1.29 is 9.53 Å². The van der Waals surface area contributed by atoms with Gasteiger partial charge in [-0.1, -0.05) is 45.0 Å². The smallest absolute Gasteiger partial charge is 0.319 e. The maximum absolute atomic E-state index is 11.9. The average molecular weight is 340 g/mol. The lowest BCUT2D eigenvalue weighted by atomic mass is 9.87. The highest BCUT2D eigenvalue weighted by Gasteiger charge is 2.13. The Morgan fingerprint density at radius 3 is 2.36 bits per heavy atom. The molecule has 0 heterocycles. The summed E-state index contributed by atoms with van der Waals surface area (Å²) in [6.07, 6.45) is 0. The van der Waals surface area contributed by atoms with Crippen LogP contribution in [0.3, 0.4) is 0 Å². The molecule has 2 rings (SSSR count). The Labute approximate surface area is 150 Å². The molecular weight excluding hydrogens is 312 g/mol. The predicted molar refractivity (Wildman–Crippen MR) is 104 cm³/mol. The van der Waals surface area contributed by atoms with Gasteiger partial charge < -0.3 is 15.4 Å². The number of hydrogen-bond donors (Lipinski definition) is 2. The Kier molecular flexibility index (Phi) is 6.07. The first-order valence-electron chi connectivity index (χ1n) is 8.61. The molecule has 0 radical (unpaired) electrons. The van der Waals surface area contributed by atoms with Gasteiger partial charge in [0, 0.05) is 5.69 Å². The Bertz CT molecular complexity index is 716. The van der Waals surface area contributed by atoms with Crippen LogP contribution in [0.5, 0.6) is 5.75 Å². The topological polar surface area (TPSA) is 50.4 Å². The van der Waals surface area contributed by atoms with Gasteiger partial charge >= 0.3 is 6.03 Å². The minimum Gasteiger partial charge on any atom is -0.491 e. The number of carbonyl (C=O) groups is 1. The summed E-state index contributed by atoms with van der Waals surface area (Å²) in [7, 11) is 0. The molecule has 0 bridgehead atoms. The van der Waals surface area contributed by atoms with E-state index in [0.717, 1.165) is 22.6 Å². The van der Waals surface area contributed by atoms with Gasteiger partial charge in [0.1, 0.15) is 12.4 Å². The van der Waals surface area contributed by atoms with E-state index in [4.69, 9.17) is 4.74 Å². The SMILES string of the molecule is Cc1ccc(C)c(OCCNC(=O)Nc2ccc(C(C)(C)C)cc2)c1. The van der Waals surface area contributed by atoms with Crippen molar-refractivity contribution in [2.24, 2.45) is 0 Å². The molecule has 0 fully saturated rings. The first-order valence-corrected chi connectivity index (χ1v) is 8.61. The van der Waals surface area contributed by atoms with E-state index in [1.165, 1.54) is 5.56 Å². The molecule has 4 heteroatoms. The number of aryl methyl sites for hydroxylation is 2. The van der Waals surface area contributed by atoms with E-state index in [1.54, 1.807) is 0 Å². The van der Waals surface area contributed by atoms with E-state index in [0.29, 0.717) is 13.2 Å². The minimum absolute atomic E-state index is 0.103. The van der Waals surface area contributed by atoms with Crippen molar-refractivity contribution in [1.82, 2.24) is 5.32 Å². The van der Waals surface area contributed by atoms with Gasteiger partial charge in [-0.2, -0.15) is 0 Å². The molecule has 0 saturated carbocycles. The Balaban J connectivity index is 1.76. The zero-order valence-corrected chi connectivity index (χ0v) is 15.8. The van der Waals surface area contributed by atoms with E-state index >= 15 is 0 Å². The zero-order valence-electron chi connectivity index (χ0n) is 15.8. The molecule has 0 aliphatic rings. The summed E-state index contributed by atoms with van der Waals surface area (Å²) in [6, 6.07) is 13.8. The molecule has 0 aliphatic heterocycles. The molecule has 0 atom stereocenters. The predicted octanol–water partition coefficient (Wildman–Crippen LogP) is 4.80. The van der Waals surface area contributed by atoms with Gasteiger partial charge in [0.05, 0.1) is 6.54 Å². The third kappa shape index (κ3) is 5.82. The van der Waals surface area contributed by atoms with Crippen molar-refractivity contribution in [3.8, 4) is 5.75 Å². The lowest BCUT2D eigenvalue weighted by Crippen LogP contribution is -2.32. The first kappa shape index (κ1) is 18.8. The fourth-order valence-corrected chi connectivity index (χ4v) is 2.42. The van der Waals surface area contributed by atoms with Crippen LogP contribution in [0.25, 0.3) is 0 Å². The molecule has 25 heavy (non-hydrogen) atoms. The summed E-state index contributed by atoms with van der Waals surface area (Å²) in [5, 5.41) is 5.64. The van der Waals surface area contributed by atoms with E-state index < -0.39 is 0 Å². The first-order chi connectivity index (χ1) is 11.8. The van der Waals surface area contributed by atoms with Crippen LogP contribution >= 0.6 is 0 Å². The van der Waals surface area contributed by atoms with Gasteiger partial charge in [0.15, 0.2) is 0 Å². The van der Waals surface area contributed by atoms with E-state index in [9.17, 15) is 4.79 Å². The quantitative estimate of drug-likeness (QED) is 0.768. The van der Waals surface area contributed by atoms with Crippen LogP contribution in [-0.2, 0) is 5.41 Å². The number of hydrogen-bond acceptors (Lipinski definition) is 2. The molecule has 0 unspecified atom stereocenters. The molecule has 0 aliphatic carbocycles. The van der Waals surface area contributed by atoms with Crippen LogP contribution in [0.15, 0.2) is 42.5 Å². The minimum atomic E-state index is -0.229. The van der Waals surface area contributed by atoms with Crippen molar-refractivity contribution in [1.29, 1.82) is 0 Å². The number of carbonyl (C=O) groups excluding carboxylic acids is 1. The van der Waals surface area contributed by atoms with Gasteiger partial charge in [-0.3, -0.25) is 0 Å². The Morgan fingerprint density at radius 1 is 1.04 bits per heavy atom. The van der Waals surface area contributed by atoms with E-state index in [-0.39, 0.29) is 11.4 Å². The average Bonchev–Trinajstić information content (AvgIpc) is 2.54. The van der Waals surface area contributed by atoms with Crippen LogP contribution in [0.4, 0.5) is 10.5 Å². The number of urea groups is 1. The van der Waals surface area contributed by atoms with Gasteiger partial charge in [-0.15, -0.1) is 0 Å². The number of ether oxygens (including phenoxy) is 1. The maximum Gasteiger partial charge on any atom is 0.319 e. The van der Waals surface area contributed by atoms with Gasteiger partial charge in [-0.05, 0) is 54.2 Å². The molecule has 4 nitrogen and oxygen atoms in total. The summed E-state index contributed by atoms with van der Waals surface area (Å²) in [4.78, 5) is 11.9. The van der Waals surface area contributed by atoms with Crippen molar-refractivity contribution in [2.45, 2.75) is 40.0 Å². The summed E-state index contributed by atoms with van der Waals surface area (Å²) < 4.78 is 5.73. The van der Waals surface area contributed by atoms with Gasteiger partial charge in [0.25, 0.3) is 0 Å². The molecule has 2 amide bonds. The monoisotopic (exact) mass is 340 g/mol. The van der Waals surface area contributed by atoms with Crippen molar-refractivity contribution in [3.63, 3.8) is 0 Å². The number of benzene rings is 2. The fourth-order valence-electron chi connectivity index (χ4n) is 2.42. The zero-order chi connectivity index (χ0) is 18.4. The van der Waals surface area contributed by atoms with Gasteiger partial charge in [-0.25, -0.2) is 4.79 Å². The largest absolute Gasteiger partial charge is 0.491 e. The summed E-state index contributed by atoms with van der Waals surface area (Å²) in [6.45, 7) is 11.4. The summed E-state index contributed by atoms with van der Waals surface area (Å²) in [5.41, 5.74) is 4.37. The molecule has 0 spiro atoms. The highest BCUT2D eigenvalue weighted by Crippen LogP contribution is 2.23.